The molecule has 0 aliphatic carbocycles. The lowest BCUT2D eigenvalue weighted by Gasteiger charge is -2.08. The van der Waals surface area contributed by atoms with Crippen LogP contribution in [0, 0.1) is 10.1 Å². The van der Waals surface area contributed by atoms with Gasteiger partial charge in [-0.15, -0.1) is 10.2 Å². The summed E-state index contributed by atoms with van der Waals surface area (Å²) in [6.45, 7) is 0.0877. The van der Waals surface area contributed by atoms with E-state index >= 15 is 0 Å². The first kappa shape index (κ1) is 21.0. The van der Waals surface area contributed by atoms with Crippen molar-refractivity contribution in [2.45, 2.75) is 11.8 Å². The average molecular weight is 480 g/mol. The fourth-order valence-electron chi connectivity index (χ4n) is 3.07. The Labute approximate surface area is 196 Å². The maximum atomic E-state index is 11.1. The van der Waals surface area contributed by atoms with E-state index in [0.717, 1.165) is 5.56 Å². The second-order valence-electron chi connectivity index (χ2n) is 6.79. The summed E-state index contributed by atoms with van der Waals surface area (Å²) in [5.41, 5.74) is 1.45. The zero-order chi connectivity index (χ0) is 22.8. The number of thioether (sulfide) groups is 1. The van der Waals surface area contributed by atoms with Gasteiger partial charge in [0.2, 0.25) is 5.16 Å². The standard InChI is InChI=1S/C22H14ClN5O4S/c23-15-8-4-5-9-17(15)31-13-20-24-25-22-27(20)26-16(14-6-2-1-3-7-14)12-19(33-22)18-10-11-21(32-18)28(29)30/h1-12H,13H2. The number of hydrogen-bond donors (Lipinski definition) is 0. The second kappa shape index (κ2) is 8.93. The summed E-state index contributed by atoms with van der Waals surface area (Å²) in [6, 6.07) is 19.5. The smallest absolute Gasteiger partial charge is 0.433 e. The molecular weight excluding hydrogens is 466 g/mol. The molecule has 0 unspecified atom stereocenters. The van der Waals surface area contributed by atoms with Crippen LogP contribution < -0.4 is 4.74 Å². The van der Waals surface area contributed by atoms with Crippen molar-refractivity contribution in [3.63, 3.8) is 0 Å². The second-order valence-corrected chi connectivity index (χ2v) is 8.20. The maximum absolute atomic E-state index is 11.1. The van der Waals surface area contributed by atoms with E-state index in [1.807, 2.05) is 42.5 Å². The van der Waals surface area contributed by atoms with E-state index < -0.39 is 4.92 Å². The molecule has 11 heteroatoms. The Morgan fingerprint density at radius 2 is 1.85 bits per heavy atom. The number of hydrogen-bond acceptors (Lipinski definition) is 8. The molecule has 9 nitrogen and oxygen atoms in total. The van der Waals surface area contributed by atoms with Crippen molar-refractivity contribution in [3.05, 3.63) is 105 Å². The van der Waals surface area contributed by atoms with Crippen LogP contribution in [0.15, 0.2) is 87.5 Å². The third-order valence-electron chi connectivity index (χ3n) is 4.63. The zero-order valence-electron chi connectivity index (χ0n) is 16.8. The van der Waals surface area contributed by atoms with E-state index in [9.17, 15) is 10.1 Å². The average Bonchev–Trinajstić information content (AvgIpc) is 3.42. The van der Waals surface area contributed by atoms with Gasteiger partial charge in [-0.05, 0) is 36.0 Å². The molecule has 164 valence electrons. The highest BCUT2D eigenvalue weighted by molar-refractivity contribution is 8.08. The van der Waals surface area contributed by atoms with Gasteiger partial charge in [0.1, 0.15) is 23.0 Å². The van der Waals surface area contributed by atoms with Crippen molar-refractivity contribution in [3.8, 4) is 5.75 Å². The van der Waals surface area contributed by atoms with Gasteiger partial charge in [-0.3, -0.25) is 10.1 Å². The third-order valence-corrected chi connectivity index (χ3v) is 5.92. The van der Waals surface area contributed by atoms with Crippen molar-refractivity contribution in [1.82, 2.24) is 14.9 Å². The Kier molecular flexibility index (Phi) is 5.68. The van der Waals surface area contributed by atoms with Crippen LogP contribution in [0.4, 0.5) is 5.88 Å². The molecule has 2 aromatic carbocycles. The van der Waals surface area contributed by atoms with Crippen LogP contribution in [0.3, 0.4) is 0 Å². The van der Waals surface area contributed by atoms with E-state index in [1.165, 1.54) is 17.8 Å². The quantitative estimate of drug-likeness (QED) is 0.268. The number of halogens is 1. The fourth-order valence-corrected chi connectivity index (χ4v) is 4.15. The molecule has 4 aromatic rings. The number of aromatic nitrogens is 3. The SMILES string of the molecule is O=[N+]([O-])c1ccc(C2=CC(c3ccccc3)=Nn3c(COc4ccccc4Cl)nnc3S2)o1. The van der Waals surface area contributed by atoms with E-state index in [2.05, 4.69) is 10.2 Å². The van der Waals surface area contributed by atoms with Gasteiger partial charge < -0.3 is 9.15 Å². The first-order valence-corrected chi connectivity index (χ1v) is 10.9. The van der Waals surface area contributed by atoms with Crippen molar-refractivity contribution >= 4 is 39.9 Å². The lowest BCUT2D eigenvalue weighted by Crippen LogP contribution is -2.07. The number of benzene rings is 2. The molecule has 0 atom stereocenters. The minimum absolute atomic E-state index is 0.0877. The number of furan rings is 1. The zero-order valence-corrected chi connectivity index (χ0v) is 18.4. The highest BCUT2D eigenvalue weighted by Crippen LogP contribution is 2.38. The minimum atomic E-state index is -0.579. The van der Waals surface area contributed by atoms with Gasteiger partial charge >= 0.3 is 5.88 Å². The predicted molar refractivity (Wildman–Crippen MR) is 123 cm³/mol. The van der Waals surface area contributed by atoms with Gasteiger partial charge in [0.05, 0.1) is 21.7 Å². The van der Waals surface area contributed by atoms with Crippen molar-refractivity contribution < 1.29 is 14.1 Å². The van der Waals surface area contributed by atoms with E-state index in [-0.39, 0.29) is 12.5 Å². The molecular formula is C22H14ClN5O4S. The molecule has 0 bridgehead atoms. The molecule has 2 aromatic heterocycles. The summed E-state index contributed by atoms with van der Waals surface area (Å²) in [5, 5.41) is 25.2. The Balaban J connectivity index is 1.53. The van der Waals surface area contributed by atoms with Crippen LogP contribution >= 0.6 is 23.4 Å². The summed E-state index contributed by atoms with van der Waals surface area (Å²) in [4.78, 5) is 11.1. The highest BCUT2D eigenvalue weighted by atomic mass is 35.5. The van der Waals surface area contributed by atoms with Gasteiger partial charge in [-0.25, -0.2) is 0 Å². The molecule has 1 aliphatic rings. The normalized spacial score (nSPS) is 13.0. The fraction of sp³-hybridized carbons (Fsp3) is 0.0455. The molecule has 0 amide bonds. The third kappa shape index (κ3) is 4.38. The monoisotopic (exact) mass is 479 g/mol. The van der Waals surface area contributed by atoms with Crippen LogP contribution in [0.25, 0.3) is 4.91 Å². The maximum Gasteiger partial charge on any atom is 0.433 e. The van der Waals surface area contributed by atoms with Crippen LogP contribution in [0.1, 0.15) is 17.1 Å². The summed E-state index contributed by atoms with van der Waals surface area (Å²) in [7, 11) is 0. The number of allylic oxidation sites excluding steroid dienone is 1. The molecule has 3 heterocycles. The number of para-hydroxylation sites is 1. The minimum Gasteiger partial charge on any atom is -0.484 e. The molecule has 0 spiro atoms. The lowest BCUT2D eigenvalue weighted by atomic mass is 10.1. The molecule has 5 rings (SSSR count). The molecule has 0 fully saturated rings. The lowest BCUT2D eigenvalue weighted by molar-refractivity contribution is -0.402. The Bertz CT molecular complexity index is 1400. The predicted octanol–water partition coefficient (Wildman–Crippen LogP) is 5.41. The van der Waals surface area contributed by atoms with E-state index in [4.69, 9.17) is 25.9 Å². The van der Waals surface area contributed by atoms with Gasteiger partial charge in [0.25, 0.3) is 0 Å². The summed E-state index contributed by atoms with van der Waals surface area (Å²) in [6.07, 6.45) is 1.80. The van der Waals surface area contributed by atoms with Crippen molar-refractivity contribution in [2.24, 2.45) is 5.10 Å². The molecule has 0 N–H and O–H groups in total. The Morgan fingerprint density at radius 3 is 2.61 bits per heavy atom. The Morgan fingerprint density at radius 1 is 1.06 bits per heavy atom. The van der Waals surface area contributed by atoms with Gasteiger partial charge in [0, 0.05) is 5.56 Å². The summed E-state index contributed by atoms with van der Waals surface area (Å²) < 4.78 is 12.8. The van der Waals surface area contributed by atoms with Crippen molar-refractivity contribution in [2.75, 3.05) is 0 Å². The van der Waals surface area contributed by atoms with Crippen LogP contribution in [0.5, 0.6) is 5.75 Å². The number of nitro groups is 1. The van der Waals surface area contributed by atoms with E-state index in [1.54, 1.807) is 29.0 Å². The number of nitrogens with zero attached hydrogens (tertiary/aromatic N) is 5. The van der Waals surface area contributed by atoms with Gasteiger partial charge in [-0.2, -0.15) is 9.78 Å². The summed E-state index contributed by atoms with van der Waals surface area (Å²) >= 11 is 7.42. The number of rotatable bonds is 6. The number of fused-ring (bicyclic) bond motifs is 1. The van der Waals surface area contributed by atoms with Gasteiger partial charge in [-0.1, -0.05) is 54.1 Å². The first-order chi connectivity index (χ1) is 16.1. The molecule has 0 saturated carbocycles. The highest BCUT2D eigenvalue weighted by Gasteiger charge is 2.24. The first-order valence-electron chi connectivity index (χ1n) is 9.68. The van der Waals surface area contributed by atoms with Crippen LogP contribution in [-0.4, -0.2) is 25.5 Å². The van der Waals surface area contributed by atoms with Crippen LogP contribution in [-0.2, 0) is 6.61 Å². The van der Waals surface area contributed by atoms with E-state index in [0.29, 0.717) is 38.1 Å². The topological polar surface area (TPSA) is 109 Å². The largest absolute Gasteiger partial charge is 0.484 e. The Hall–Kier alpha value is -3.89. The summed E-state index contributed by atoms with van der Waals surface area (Å²) in [5.74, 6) is 0.975. The van der Waals surface area contributed by atoms with Crippen LogP contribution in [0.2, 0.25) is 5.02 Å². The van der Waals surface area contributed by atoms with Gasteiger partial charge in [0.15, 0.2) is 5.82 Å². The number of ether oxygens (including phenoxy) is 1. The van der Waals surface area contributed by atoms with Crippen molar-refractivity contribution in [1.29, 1.82) is 0 Å². The molecule has 33 heavy (non-hydrogen) atoms. The molecule has 0 radical (unpaired) electrons. The molecule has 1 aliphatic heterocycles. The molecule has 0 saturated heterocycles.